The minimum absolute atomic E-state index is 0.226. The summed E-state index contributed by atoms with van der Waals surface area (Å²) >= 11 is 1.80. The maximum absolute atomic E-state index is 4.37. The third-order valence-corrected chi connectivity index (χ3v) is 4.23. The lowest BCUT2D eigenvalue weighted by Crippen LogP contribution is -2.24. The molecule has 1 atom stereocenters. The minimum Gasteiger partial charge on any atom is -0.306 e. The third-order valence-electron chi connectivity index (χ3n) is 3.35. The van der Waals surface area contributed by atoms with Crippen LogP contribution in [0.5, 0.6) is 0 Å². The number of aromatic nitrogens is 2. The summed E-state index contributed by atoms with van der Waals surface area (Å²) in [4.78, 5) is 1.35. The molecule has 0 saturated heterocycles. The molecule has 0 aliphatic carbocycles. The molecule has 1 unspecified atom stereocenters. The van der Waals surface area contributed by atoms with Crippen molar-refractivity contribution in [3.63, 3.8) is 0 Å². The number of hydrogen-bond donors (Lipinski definition) is 1. The van der Waals surface area contributed by atoms with Gasteiger partial charge in [-0.05, 0) is 61.9 Å². The summed E-state index contributed by atoms with van der Waals surface area (Å²) in [5.74, 6) is 0. The predicted octanol–water partition coefficient (Wildman–Crippen LogP) is 3.81. The Labute approximate surface area is 125 Å². The van der Waals surface area contributed by atoms with Gasteiger partial charge in [0.25, 0.3) is 0 Å². The van der Waals surface area contributed by atoms with Crippen LogP contribution in [0.2, 0.25) is 0 Å². The van der Waals surface area contributed by atoms with Gasteiger partial charge in [0.05, 0.1) is 17.4 Å². The highest BCUT2D eigenvalue weighted by Gasteiger charge is 2.19. The van der Waals surface area contributed by atoms with Crippen molar-refractivity contribution in [2.24, 2.45) is 0 Å². The zero-order chi connectivity index (χ0) is 14.5. The fourth-order valence-electron chi connectivity index (χ4n) is 2.37. The highest BCUT2D eigenvalue weighted by Crippen LogP contribution is 2.28. The Bertz CT molecular complexity index is 563. The van der Waals surface area contributed by atoms with Crippen molar-refractivity contribution in [2.75, 3.05) is 6.54 Å². The van der Waals surface area contributed by atoms with Crippen molar-refractivity contribution >= 4 is 11.3 Å². The standard InChI is InChI=1S/C16H23N3S/c1-5-7-17-16(13-9-12(4)20-10-13)14-8-11(3)18-19-15(14)6-2/h8-10,16-17H,5-7H2,1-4H3. The molecule has 0 saturated carbocycles. The van der Waals surface area contributed by atoms with Crippen LogP contribution in [0.15, 0.2) is 17.5 Å². The van der Waals surface area contributed by atoms with E-state index in [0.717, 1.165) is 30.8 Å². The van der Waals surface area contributed by atoms with Gasteiger partial charge in [0, 0.05) is 4.88 Å². The molecule has 0 bridgehead atoms. The lowest BCUT2D eigenvalue weighted by molar-refractivity contribution is 0.589. The fourth-order valence-corrected chi connectivity index (χ4v) is 3.10. The first kappa shape index (κ1) is 15.1. The van der Waals surface area contributed by atoms with E-state index in [9.17, 15) is 0 Å². The molecule has 1 N–H and O–H groups in total. The first-order chi connectivity index (χ1) is 9.65. The van der Waals surface area contributed by atoms with Gasteiger partial charge in [0.15, 0.2) is 0 Å². The number of nitrogens with zero attached hydrogens (tertiary/aromatic N) is 2. The Hall–Kier alpha value is -1.26. The maximum atomic E-state index is 4.37. The minimum atomic E-state index is 0.226. The molecule has 0 aromatic carbocycles. The molecule has 2 rings (SSSR count). The topological polar surface area (TPSA) is 37.8 Å². The summed E-state index contributed by atoms with van der Waals surface area (Å²) in [6.07, 6.45) is 2.04. The summed E-state index contributed by atoms with van der Waals surface area (Å²) in [7, 11) is 0. The molecule has 2 aromatic rings. The first-order valence-electron chi connectivity index (χ1n) is 7.27. The molecule has 3 nitrogen and oxygen atoms in total. The number of hydrogen-bond acceptors (Lipinski definition) is 4. The van der Waals surface area contributed by atoms with Gasteiger partial charge in [-0.3, -0.25) is 0 Å². The van der Waals surface area contributed by atoms with Crippen LogP contribution in [0.1, 0.15) is 53.7 Å². The van der Waals surface area contributed by atoms with Crippen molar-refractivity contribution in [1.82, 2.24) is 15.5 Å². The van der Waals surface area contributed by atoms with E-state index in [4.69, 9.17) is 0 Å². The highest BCUT2D eigenvalue weighted by atomic mass is 32.1. The molecule has 2 aromatic heterocycles. The van der Waals surface area contributed by atoms with Crippen LogP contribution in [-0.2, 0) is 6.42 Å². The van der Waals surface area contributed by atoms with E-state index in [2.05, 4.69) is 53.8 Å². The SMILES string of the molecule is CCCNC(c1csc(C)c1)c1cc(C)nnc1CC. The van der Waals surface area contributed by atoms with E-state index in [0.29, 0.717) is 0 Å². The summed E-state index contributed by atoms with van der Waals surface area (Å²) in [5.41, 5.74) is 4.68. The normalized spacial score (nSPS) is 12.6. The quantitative estimate of drug-likeness (QED) is 0.879. The van der Waals surface area contributed by atoms with Gasteiger partial charge in [-0.25, -0.2) is 0 Å². The first-order valence-corrected chi connectivity index (χ1v) is 8.15. The summed E-state index contributed by atoms with van der Waals surface area (Å²) in [6, 6.07) is 4.67. The zero-order valence-corrected chi connectivity index (χ0v) is 13.5. The average molecular weight is 289 g/mol. The molecular weight excluding hydrogens is 266 g/mol. The number of thiophene rings is 1. The average Bonchev–Trinajstić information content (AvgIpc) is 2.86. The molecule has 0 aliphatic heterocycles. The van der Waals surface area contributed by atoms with E-state index in [-0.39, 0.29) is 6.04 Å². The monoisotopic (exact) mass is 289 g/mol. The van der Waals surface area contributed by atoms with Gasteiger partial charge in [-0.2, -0.15) is 10.2 Å². The van der Waals surface area contributed by atoms with E-state index in [1.165, 1.54) is 16.0 Å². The molecule has 4 heteroatoms. The van der Waals surface area contributed by atoms with Crippen molar-refractivity contribution in [3.05, 3.63) is 44.9 Å². The Morgan fingerprint density at radius 2 is 2.00 bits per heavy atom. The maximum Gasteiger partial charge on any atom is 0.0679 e. The molecule has 0 fully saturated rings. The second-order valence-electron chi connectivity index (χ2n) is 5.12. The van der Waals surface area contributed by atoms with Crippen LogP contribution in [0.25, 0.3) is 0 Å². The van der Waals surface area contributed by atoms with Crippen LogP contribution >= 0.6 is 11.3 Å². The molecular formula is C16H23N3S. The Morgan fingerprint density at radius 3 is 2.60 bits per heavy atom. The van der Waals surface area contributed by atoms with Crippen LogP contribution in [0, 0.1) is 13.8 Å². The van der Waals surface area contributed by atoms with Crippen LogP contribution < -0.4 is 5.32 Å². The fraction of sp³-hybridized carbons (Fsp3) is 0.500. The highest BCUT2D eigenvalue weighted by molar-refractivity contribution is 7.10. The smallest absolute Gasteiger partial charge is 0.0679 e. The molecule has 108 valence electrons. The van der Waals surface area contributed by atoms with Gasteiger partial charge in [0.1, 0.15) is 0 Å². The predicted molar refractivity (Wildman–Crippen MR) is 85.3 cm³/mol. The molecule has 20 heavy (non-hydrogen) atoms. The van der Waals surface area contributed by atoms with Crippen molar-refractivity contribution in [3.8, 4) is 0 Å². The second-order valence-corrected chi connectivity index (χ2v) is 6.23. The third kappa shape index (κ3) is 3.44. The molecule has 0 spiro atoms. The molecule has 0 radical (unpaired) electrons. The summed E-state index contributed by atoms with van der Waals surface area (Å²) in [5, 5.41) is 14.5. The van der Waals surface area contributed by atoms with Gasteiger partial charge < -0.3 is 5.32 Å². The van der Waals surface area contributed by atoms with Crippen molar-refractivity contribution in [2.45, 2.75) is 46.6 Å². The number of aryl methyl sites for hydroxylation is 3. The van der Waals surface area contributed by atoms with Gasteiger partial charge >= 0.3 is 0 Å². The lowest BCUT2D eigenvalue weighted by Gasteiger charge is -2.20. The van der Waals surface area contributed by atoms with Gasteiger partial charge in [-0.1, -0.05) is 13.8 Å². The molecule has 0 amide bonds. The Morgan fingerprint density at radius 1 is 1.20 bits per heavy atom. The molecule has 0 aliphatic rings. The number of rotatable bonds is 6. The van der Waals surface area contributed by atoms with Crippen LogP contribution in [0.3, 0.4) is 0 Å². The second kappa shape index (κ2) is 6.95. The van der Waals surface area contributed by atoms with E-state index in [1.54, 1.807) is 11.3 Å². The van der Waals surface area contributed by atoms with Crippen LogP contribution in [0.4, 0.5) is 0 Å². The van der Waals surface area contributed by atoms with Crippen LogP contribution in [-0.4, -0.2) is 16.7 Å². The molecule has 2 heterocycles. The van der Waals surface area contributed by atoms with Crippen molar-refractivity contribution in [1.29, 1.82) is 0 Å². The Kier molecular flexibility index (Phi) is 5.26. The van der Waals surface area contributed by atoms with Crippen molar-refractivity contribution < 1.29 is 0 Å². The van der Waals surface area contributed by atoms with E-state index in [1.807, 2.05) is 6.92 Å². The summed E-state index contributed by atoms with van der Waals surface area (Å²) < 4.78 is 0. The summed E-state index contributed by atoms with van der Waals surface area (Å²) in [6.45, 7) is 9.50. The van der Waals surface area contributed by atoms with E-state index >= 15 is 0 Å². The lowest BCUT2D eigenvalue weighted by atomic mass is 9.98. The van der Waals surface area contributed by atoms with E-state index < -0.39 is 0 Å². The zero-order valence-electron chi connectivity index (χ0n) is 12.7. The van der Waals surface area contributed by atoms with Gasteiger partial charge in [0.2, 0.25) is 0 Å². The van der Waals surface area contributed by atoms with Gasteiger partial charge in [-0.15, -0.1) is 11.3 Å². The number of nitrogens with one attached hydrogen (secondary N) is 1. The largest absolute Gasteiger partial charge is 0.306 e. The Balaban J connectivity index is 2.42.